The maximum Gasteiger partial charge on any atom is 0.410 e. The van der Waals surface area contributed by atoms with Gasteiger partial charge in [-0.25, -0.2) is 4.79 Å². The van der Waals surface area contributed by atoms with Crippen LogP contribution in [0.1, 0.15) is 40.5 Å². The molecule has 0 saturated carbocycles. The number of hydrogen-bond acceptors (Lipinski definition) is 3. The van der Waals surface area contributed by atoms with Crippen LogP contribution in [0, 0.1) is 5.92 Å². The molecule has 1 aliphatic heterocycles. The predicted octanol–water partition coefficient (Wildman–Crippen LogP) is 2.26. The largest absolute Gasteiger partial charge is 0.444 e. The average Bonchev–Trinajstić information content (AvgIpc) is 2.18. The molecule has 1 fully saturated rings. The van der Waals surface area contributed by atoms with Crippen molar-refractivity contribution in [2.45, 2.75) is 46.1 Å². The molecule has 96 valence electrons. The standard InChI is InChI=1S/C11H21NO2.CH4O/c1-9-6-5-7-12(8-9)10(13)14-11(2,3)4;1-2/h9H,5-8H2,1-4H3;2H,1H3/t9-;/m0./s1. The first-order chi connectivity index (χ1) is 7.38. The summed E-state index contributed by atoms with van der Waals surface area (Å²) in [5, 5.41) is 7.00. The van der Waals surface area contributed by atoms with Crippen molar-refractivity contribution in [1.82, 2.24) is 4.90 Å². The quantitative estimate of drug-likeness (QED) is 0.695. The lowest BCUT2D eigenvalue weighted by atomic mass is 10.0. The van der Waals surface area contributed by atoms with Crippen molar-refractivity contribution in [1.29, 1.82) is 0 Å². The first kappa shape index (κ1) is 15.2. The van der Waals surface area contributed by atoms with E-state index in [1.54, 1.807) is 0 Å². The molecule has 4 heteroatoms. The van der Waals surface area contributed by atoms with Gasteiger partial charge in [0.2, 0.25) is 0 Å². The second kappa shape index (κ2) is 6.74. The Balaban J connectivity index is 0.00000106. The zero-order valence-corrected chi connectivity index (χ0v) is 11.1. The summed E-state index contributed by atoms with van der Waals surface area (Å²) in [6.45, 7) is 9.57. The minimum Gasteiger partial charge on any atom is -0.444 e. The third-order valence-corrected chi connectivity index (χ3v) is 2.31. The van der Waals surface area contributed by atoms with Gasteiger partial charge >= 0.3 is 6.09 Å². The number of amides is 1. The summed E-state index contributed by atoms with van der Waals surface area (Å²) in [5.74, 6) is 0.608. The van der Waals surface area contributed by atoms with E-state index in [0.29, 0.717) is 5.92 Å². The highest BCUT2D eigenvalue weighted by molar-refractivity contribution is 5.68. The summed E-state index contributed by atoms with van der Waals surface area (Å²) in [7, 11) is 1.00. The lowest BCUT2D eigenvalue weighted by Gasteiger charge is -2.32. The summed E-state index contributed by atoms with van der Waals surface area (Å²) in [6, 6.07) is 0. The van der Waals surface area contributed by atoms with E-state index in [-0.39, 0.29) is 11.7 Å². The number of carbonyl (C=O) groups excluding carboxylic acids is 1. The zero-order valence-electron chi connectivity index (χ0n) is 11.1. The third-order valence-electron chi connectivity index (χ3n) is 2.31. The number of aliphatic hydroxyl groups excluding tert-OH is 1. The number of rotatable bonds is 0. The molecule has 0 aromatic heterocycles. The Morgan fingerprint density at radius 3 is 2.38 bits per heavy atom. The molecule has 1 rings (SSSR count). The summed E-state index contributed by atoms with van der Waals surface area (Å²) < 4.78 is 5.31. The van der Waals surface area contributed by atoms with Crippen molar-refractivity contribution >= 4 is 6.09 Å². The normalized spacial score (nSPS) is 20.9. The first-order valence-electron chi connectivity index (χ1n) is 5.81. The van der Waals surface area contributed by atoms with Gasteiger partial charge in [-0.1, -0.05) is 6.92 Å². The molecule has 16 heavy (non-hydrogen) atoms. The second-order valence-corrected chi connectivity index (χ2v) is 5.17. The molecule has 1 saturated heterocycles. The van der Waals surface area contributed by atoms with E-state index in [9.17, 15) is 4.79 Å². The van der Waals surface area contributed by atoms with Gasteiger partial charge < -0.3 is 14.7 Å². The highest BCUT2D eigenvalue weighted by Gasteiger charge is 2.25. The number of aliphatic hydroxyl groups is 1. The molecular formula is C12H25NO3. The SMILES string of the molecule is CO.C[C@H]1CCCN(C(=O)OC(C)(C)C)C1. The van der Waals surface area contributed by atoms with Gasteiger partial charge in [0, 0.05) is 20.2 Å². The van der Waals surface area contributed by atoms with Crippen molar-refractivity contribution in [2.24, 2.45) is 5.92 Å². The lowest BCUT2D eigenvalue weighted by molar-refractivity contribution is 0.0174. The van der Waals surface area contributed by atoms with E-state index in [1.165, 1.54) is 6.42 Å². The van der Waals surface area contributed by atoms with Crippen LogP contribution in [0.4, 0.5) is 4.79 Å². The molecule has 1 amide bonds. The van der Waals surface area contributed by atoms with Gasteiger partial charge in [-0.3, -0.25) is 0 Å². The van der Waals surface area contributed by atoms with Crippen LogP contribution in [-0.2, 0) is 4.74 Å². The van der Waals surface area contributed by atoms with E-state index in [0.717, 1.165) is 26.6 Å². The van der Waals surface area contributed by atoms with Crippen molar-refractivity contribution in [3.05, 3.63) is 0 Å². The maximum atomic E-state index is 11.7. The Hall–Kier alpha value is -0.770. The molecule has 0 aromatic carbocycles. The molecule has 0 aromatic rings. The van der Waals surface area contributed by atoms with Gasteiger partial charge in [0.25, 0.3) is 0 Å². The van der Waals surface area contributed by atoms with E-state index < -0.39 is 0 Å². The number of hydrogen-bond donors (Lipinski definition) is 1. The van der Waals surface area contributed by atoms with Gasteiger partial charge in [0.15, 0.2) is 0 Å². The van der Waals surface area contributed by atoms with Crippen LogP contribution in [0.15, 0.2) is 0 Å². The summed E-state index contributed by atoms with van der Waals surface area (Å²) in [6.07, 6.45) is 2.16. The van der Waals surface area contributed by atoms with Crippen molar-refractivity contribution < 1.29 is 14.6 Å². The fourth-order valence-electron chi connectivity index (χ4n) is 1.68. The Morgan fingerprint density at radius 1 is 1.38 bits per heavy atom. The summed E-state index contributed by atoms with van der Waals surface area (Å²) in [5.41, 5.74) is -0.377. The van der Waals surface area contributed by atoms with Gasteiger partial charge in [0.05, 0.1) is 0 Å². The molecule has 0 spiro atoms. The fraction of sp³-hybridized carbons (Fsp3) is 0.917. The number of likely N-dealkylation sites (tertiary alicyclic amines) is 1. The van der Waals surface area contributed by atoms with E-state index in [4.69, 9.17) is 9.84 Å². The molecule has 0 radical (unpaired) electrons. The Bertz CT molecular complexity index is 211. The predicted molar refractivity (Wildman–Crippen MR) is 64.3 cm³/mol. The highest BCUT2D eigenvalue weighted by atomic mass is 16.6. The van der Waals surface area contributed by atoms with Crippen LogP contribution in [-0.4, -0.2) is 41.9 Å². The highest BCUT2D eigenvalue weighted by Crippen LogP contribution is 2.18. The molecule has 1 heterocycles. The van der Waals surface area contributed by atoms with Crippen LogP contribution in [0.3, 0.4) is 0 Å². The molecule has 0 unspecified atom stereocenters. The molecule has 1 aliphatic rings. The number of carbonyl (C=O) groups is 1. The summed E-state index contributed by atoms with van der Waals surface area (Å²) in [4.78, 5) is 13.5. The van der Waals surface area contributed by atoms with Crippen molar-refractivity contribution in [3.8, 4) is 0 Å². The van der Waals surface area contributed by atoms with Crippen molar-refractivity contribution in [3.63, 3.8) is 0 Å². The number of nitrogens with zero attached hydrogens (tertiary/aromatic N) is 1. The minimum absolute atomic E-state index is 0.163. The lowest BCUT2D eigenvalue weighted by Crippen LogP contribution is -2.42. The van der Waals surface area contributed by atoms with Crippen LogP contribution in [0.25, 0.3) is 0 Å². The van der Waals surface area contributed by atoms with Crippen LogP contribution >= 0.6 is 0 Å². The van der Waals surface area contributed by atoms with Gasteiger partial charge in [-0.05, 0) is 39.5 Å². The molecule has 1 atom stereocenters. The maximum absolute atomic E-state index is 11.7. The first-order valence-corrected chi connectivity index (χ1v) is 5.81. The average molecular weight is 231 g/mol. The second-order valence-electron chi connectivity index (χ2n) is 5.17. The van der Waals surface area contributed by atoms with E-state index in [2.05, 4.69) is 6.92 Å². The Kier molecular flexibility index (Phi) is 6.41. The zero-order chi connectivity index (χ0) is 12.8. The van der Waals surface area contributed by atoms with E-state index in [1.807, 2.05) is 25.7 Å². The monoisotopic (exact) mass is 231 g/mol. The molecule has 0 bridgehead atoms. The van der Waals surface area contributed by atoms with Crippen LogP contribution < -0.4 is 0 Å². The van der Waals surface area contributed by atoms with Gasteiger partial charge in [-0.2, -0.15) is 0 Å². The molecule has 1 N–H and O–H groups in total. The fourth-order valence-corrected chi connectivity index (χ4v) is 1.68. The van der Waals surface area contributed by atoms with Gasteiger partial charge in [-0.15, -0.1) is 0 Å². The molecule has 4 nitrogen and oxygen atoms in total. The Morgan fingerprint density at radius 2 is 1.94 bits per heavy atom. The smallest absolute Gasteiger partial charge is 0.410 e. The number of ether oxygens (including phenoxy) is 1. The Labute approximate surface area is 98.6 Å². The van der Waals surface area contributed by atoms with Crippen molar-refractivity contribution in [2.75, 3.05) is 20.2 Å². The topological polar surface area (TPSA) is 49.8 Å². The van der Waals surface area contributed by atoms with Crippen LogP contribution in [0.2, 0.25) is 0 Å². The minimum atomic E-state index is -0.377. The number of piperidine rings is 1. The summed E-state index contributed by atoms with van der Waals surface area (Å²) >= 11 is 0. The molecule has 0 aliphatic carbocycles. The third kappa shape index (κ3) is 5.95. The van der Waals surface area contributed by atoms with E-state index >= 15 is 0 Å². The molecular weight excluding hydrogens is 206 g/mol. The van der Waals surface area contributed by atoms with Gasteiger partial charge in [0.1, 0.15) is 5.60 Å². The van der Waals surface area contributed by atoms with Crippen LogP contribution in [0.5, 0.6) is 0 Å².